The molecule has 0 bridgehead atoms. The van der Waals surface area contributed by atoms with Gasteiger partial charge in [0.2, 0.25) is 5.91 Å². The number of pyridine rings is 1. The lowest BCUT2D eigenvalue weighted by atomic mass is 10.1. The number of amides is 1. The maximum Gasteiger partial charge on any atom is 0.229 e. The summed E-state index contributed by atoms with van der Waals surface area (Å²) < 4.78 is 5.68. The van der Waals surface area contributed by atoms with Gasteiger partial charge in [0.05, 0.1) is 24.5 Å². The van der Waals surface area contributed by atoms with E-state index < -0.39 is 0 Å². The van der Waals surface area contributed by atoms with Crippen LogP contribution in [-0.4, -0.2) is 34.4 Å². The number of carbonyl (C=O) groups excluding carboxylic acids is 1. The second-order valence-electron chi connectivity index (χ2n) is 6.09. The van der Waals surface area contributed by atoms with Crippen LogP contribution in [0.3, 0.4) is 0 Å². The van der Waals surface area contributed by atoms with E-state index in [9.17, 15) is 4.79 Å². The molecule has 2 saturated heterocycles. The summed E-state index contributed by atoms with van der Waals surface area (Å²) in [4.78, 5) is 20.9. The molecule has 0 radical (unpaired) electrons. The van der Waals surface area contributed by atoms with Gasteiger partial charge in [0, 0.05) is 25.2 Å². The number of likely N-dealkylation sites (tertiary alicyclic amines) is 1. The van der Waals surface area contributed by atoms with E-state index in [1.165, 1.54) is 0 Å². The van der Waals surface area contributed by atoms with Crippen LogP contribution in [0.2, 0.25) is 0 Å². The monoisotopic (exact) mass is 297 g/mol. The first-order valence-corrected chi connectivity index (χ1v) is 7.74. The molecule has 0 unspecified atom stereocenters. The van der Waals surface area contributed by atoms with E-state index in [0.717, 1.165) is 36.7 Å². The highest BCUT2D eigenvalue weighted by molar-refractivity contribution is 5.97. The van der Waals surface area contributed by atoms with E-state index in [1.54, 1.807) is 12.4 Å². The molecule has 2 aliphatic rings. The van der Waals surface area contributed by atoms with Crippen LogP contribution >= 0.6 is 0 Å². The van der Waals surface area contributed by atoms with E-state index in [-0.39, 0.29) is 18.0 Å². The van der Waals surface area contributed by atoms with Crippen molar-refractivity contribution in [1.29, 1.82) is 0 Å². The molecule has 2 atom stereocenters. The molecule has 0 aromatic carbocycles. The molecule has 2 aliphatic heterocycles. The Morgan fingerprint density at radius 1 is 1.32 bits per heavy atom. The van der Waals surface area contributed by atoms with Crippen LogP contribution in [0.15, 0.2) is 41.1 Å². The molecular formula is C17H19N3O2. The first kappa shape index (κ1) is 13.5. The number of furan rings is 1. The number of anilines is 1. The maximum atomic E-state index is 12.4. The molecule has 1 amide bonds. The molecule has 5 nitrogen and oxygen atoms in total. The summed E-state index contributed by atoms with van der Waals surface area (Å²) in [6, 6.07) is 8.40. The summed E-state index contributed by atoms with van der Waals surface area (Å²) in [6.45, 7) is 3.74. The Morgan fingerprint density at radius 2 is 2.23 bits per heavy atom. The van der Waals surface area contributed by atoms with Gasteiger partial charge in [-0.2, -0.15) is 0 Å². The Bertz CT molecular complexity index is 682. The molecule has 2 fully saturated rings. The van der Waals surface area contributed by atoms with Crippen LogP contribution < -0.4 is 4.90 Å². The van der Waals surface area contributed by atoms with Gasteiger partial charge in [-0.05, 0) is 37.6 Å². The number of fused-ring (bicyclic) bond motifs is 1. The van der Waals surface area contributed by atoms with Gasteiger partial charge in [-0.1, -0.05) is 0 Å². The van der Waals surface area contributed by atoms with E-state index >= 15 is 0 Å². The third-order valence-electron chi connectivity index (χ3n) is 4.69. The normalized spacial score (nSPS) is 25.0. The lowest BCUT2D eigenvalue weighted by Gasteiger charge is -2.24. The quantitative estimate of drug-likeness (QED) is 0.872. The van der Waals surface area contributed by atoms with Crippen molar-refractivity contribution in [3.63, 3.8) is 0 Å². The molecule has 5 heteroatoms. The van der Waals surface area contributed by atoms with Gasteiger partial charge in [0.15, 0.2) is 0 Å². The predicted molar refractivity (Wildman–Crippen MR) is 82.4 cm³/mol. The van der Waals surface area contributed by atoms with Crippen molar-refractivity contribution in [2.75, 3.05) is 11.4 Å². The summed E-state index contributed by atoms with van der Waals surface area (Å²) in [5, 5.41) is 0. The molecular weight excluding hydrogens is 278 g/mol. The third-order valence-corrected chi connectivity index (χ3v) is 4.69. The summed E-state index contributed by atoms with van der Waals surface area (Å²) in [5.41, 5.74) is 0.913. The van der Waals surface area contributed by atoms with Crippen molar-refractivity contribution in [2.45, 2.75) is 38.4 Å². The lowest BCUT2D eigenvalue weighted by Crippen LogP contribution is -2.37. The Morgan fingerprint density at radius 3 is 2.95 bits per heavy atom. The second-order valence-corrected chi connectivity index (χ2v) is 6.09. The highest BCUT2D eigenvalue weighted by Gasteiger charge is 2.47. The largest absolute Gasteiger partial charge is 0.465 e. The Kier molecular flexibility index (Phi) is 3.22. The molecule has 0 spiro atoms. The number of hydrogen-bond acceptors (Lipinski definition) is 4. The van der Waals surface area contributed by atoms with Crippen LogP contribution in [0.1, 0.15) is 24.4 Å². The van der Waals surface area contributed by atoms with Gasteiger partial charge < -0.3 is 9.32 Å². The summed E-state index contributed by atoms with van der Waals surface area (Å²) in [7, 11) is 0. The molecule has 0 aliphatic carbocycles. The van der Waals surface area contributed by atoms with E-state index in [1.807, 2.05) is 36.1 Å². The number of hydrogen-bond donors (Lipinski definition) is 0. The number of nitrogens with zero attached hydrogens (tertiary/aromatic N) is 3. The van der Waals surface area contributed by atoms with Crippen molar-refractivity contribution < 1.29 is 9.21 Å². The highest BCUT2D eigenvalue weighted by Crippen LogP contribution is 2.36. The van der Waals surface area contributed by atoms with Gasteiger partial charge in [-0.15, -0.1) is 0 Å². The van der Waals surface area contributed by atoms with Crippen LogP contribution in [0.4, 0.5) is 5.69 Å². The summed E-state index contributed by atoms with van der Waals surface area (Å²) in [6.07, 6.45) is 5.10. The topological polar surface area (TPSA) is 49.6 Å². The molecule has 2 aromatic heterocycles. The molecule has 4 heterocycles. The maximum absolute atomic E-state index is 12.4. The van der Waals surface area contributed by atoms with Gasteiger partial charge in [0.1, 0.15) is 11.5 Å². The third kappa shape index (κ3) is 2.22. The molecule has 114 valence electrons. The smallest absolute Gasteiger partial charge is 0.229 e. The predicted octanol–water partition coefficient (Wildman–Crippen LogP) is 2.36. The first-order valence-electron chi connectivity index (χ1n) is 7.74. The lowest BCUT2D eigenvalue weighted by molar-refractivity contribution is -0.117. The second kappa shape index (κ2) is 5.25. The van der Waals surface area contributed by atoms with Crippen molar-refractivity contribution >= 4 is 11.6 Å². The van der Waals surface area contributed by atoms with Crippen molar-refractivity contribution in [1.82, 2.24) is 9.88 Å². The van der Waals surface area contributed by atoms with E-state index in [0.29, 0.717) is 6.42 Å². The fourth-order valence-corrected chi connectivity index (χ4v) is 3.73. The Labute approximate surface area is 129 Å². The van der Waals surface area contributed by atoms with E-state index in [2.05, 4.69) is 9.88 Å². The number of carbonyl (C=O) groups is 1. The van der Waals surface area contributed by atoms with Crippen LogP contribution in [0.5, 0.6) is 0 Å². The zero-order valence-corrected chi connectivity index (χ0v) is 12.6. The average molecular weight is 297 g/mol. The SMILES string of the molecule is Cc1ccc(CN2CC[C@H]3[C@H]2CC(=O)N3c2cccnc2)o1. The fraction of sp³-hybridized carbons (Fsp3) is 0.412. The molecule has 4 rings (SSSR count). The number of aryl methyl sites for hydroxylation is 1. The van der Waals surface area contributed by atoms with Gasteiger partial charge >= 0.3 is 0 Å². The molecule has 0 saturated carbocycles. The Hall–Kier alpha value is -2.14. The Balaban J connectivity index is 1.54. The summed E-state index contributed by atoms with van der Waals surface area (Å²) >= 11 is 0. The summed E-state index contributed by atoms with van der Waals surface area (Å²) in [5.74, 6) is 2.11. The minimum Gasteiger partial charge on any atom is -0.465 e. The molecule has 0 N–H and O–H groups in total. The van der Waals surface area contributed by atoms with Crippen LogP contribution in [0.25, 0.3) is 0 Å². The zero-order valence-electron chi connectivity index (χ0n) is 12.6. The van der Waals surface area contributed by atoms with Crippen molar-refractivity contribution in [3.8, 4) is 0 Å². The first-order chi connectivity index (χ1) is 10.7. The average Bonchev–Trinajstić information content (AvgIpc) is 3.17. The fourth-order valence-electron chi connectivity index (χ4n) is 3.73. The highest BCUT2D eigenvalue weighted by atomic mass is 16.3. The minimum absolute atomic E-state index is 0.198. The van der Waals surface area contributed by atoms with Gasteiger partial charge in [0.25, 0.3) is 0 Å². The number of rotatable bonds is 3. The van der Waals surface area contributed by atoms with Crippen LogP contribution in [-0.2, 0) is 11.3 Å². The van der Waals surface area contributed by atoms with E-state index in [4.69, 9.17) is 4.42 Å². The molecule has 22 heavy (non-hydrogen) atoms. The minimum atomic E-state index is 0.198. The number of aromatic nitrogens is 1. The molecule has 2 aromatic rings. The van der Waals surface area contributed by atoms with Gasteiger partial charge in [-0.3, -0.25) is 14.7 Å². The van der Waals surface area contributed by atoms with Crippen molar-refractivity contribution in [2.24, 2.45) is 0 Å². The zero-order chi connectivity index (χ0) is 15.1. The van der Waals surface area contributed by atoms with Crippen molar-refractivity contribution in [3.05, 3.63) is 48.2 Å². The van der Waals surface area contributed by atoms with Gasteiger partial charge in [-0.25, -0.2) is 0 Å². The van der Waals surface area contributed by atoms with Crippen LogP contribution in [0, 0.1) is 6.92 Å². The standard InChI is InChI=1S/C17H19N3O2/c1-12-4-5-14(22-12)11-19-8-6-15-16(19)9-17(21)20(15)13-3-2-7-18-10-13/h2-5,7,10,15-16H,6,8-9,11H2,1H3/t15-,16+/m0/s1.